The summed E-state index contributed by atoms with van der Waals surface area (Å²) in [6.45, 7) is 0.603. The molecule has 0 aliphatic carbocycles. The van der Waals surface area contributed by atoms with Gasteiger partial charge in [-0.1, -0.05) is 29.3 Å². The van der Waals surface area contributed by atoms with E-state index in [1.165, 1.54) is 12.1 Å². The van der Waals surface area contributed by atoms with Crippen LogP contribution in [0.4, 0.5) is 4.39 Å². The molecule has 0 amide bonds. The minimum absolute atomic E-state index is 0.271. The smallest absolute Gasteiger partial charge is 0.169 e. The maximum atomic E-state index is 13.8. The molecule has 0 bridgehead atoms. The Morgan fingerprint density at radius 2 is 2.00 bits per heavy atom. The van der Waals surface area contributed by atoms with E-state index in [9.17, 15) is 4.39 Å². The molecule has 2 aromatic carbocycles. The number of rotatable bonds is 2. The normalized spacial score (nSPS) is 16.9. The van der Waals surface area contributed by atoms with Gasteiger partial charge in [0.05, 0.1) is 5.02 Å². The second kappa shape index (κ2) is 5.72. The predicted octanol–water partition coefficient (Wildman–Crippen LogP) is 3.90. The molecule has 3 rings (SSSR count). The topological polar surface area (TPSA) is 44.5 Å². The Morgan fingerprint density at radius 3 is 2.71 bits per heavy atom. The fraction of sp³-hybridized carbons (Fsp3) is 0.200. The molecule has 0 unspecified atom stereocenters. The van der Waals surface area contributed by atoms with Gasteiger partial charge < -0.3 is 15.2 Å². The van der Waals surface area contributed by atoms with E-state index in [0.717, 1.165) is 0 Å². The first-order valence-corrected chi connectivity index (χ1v) is 7.12. The van der Waals surface area contributed by atoms with E-state index in [0.29, 0.717) is 45.8 Å². The van der Waals surface area contributed by atoms with Crippen molar-refractivity contribution in [3.8, 4) is 22.6 Å². The molecule has 110 valence electrons. The molecular weight excluding hydrogens is 316 g/mol. The second-order valence-electron chi connectivity index (χ2n) is 4.69. The van der Waals surface area contributed by atoms with Crippen LogP contribution in [0.25, 0.3) is 11.1 Å². The van der Waals surface area contributed by atoms with Crippen LogP contribution in [0, 0.1) is 5.82 Å². The van der Waals surface area contributed by atoms with Gasteiger partial charge in [0.1, 0.15) is 18.5 Å². The maximum absolute atomic E-state index is 13.8. The first-order valence-electron chi connectivity index (χ1n) is 6.37. The number of ether oxygens (including phenoxy) is 2. The number of hydrogen-bond donors (Lipinski definition) is 1. The van der Waals surface area contributed by atoms with Gasteiger partial charge in [0.2, 0.25) is 0 Å². The van der Waals surface area contributed by atoms with Crippen LogP contribution in [-0.4, -0.2) is 19.3 Å². The highest BCUT2D eigenvalue weighted by molar-refractivity contribution is 6.36. The van der Waals surface area contributed by atoms with E-state index < -0.39 is 5.82 Å². The minimum atomic E-state index is -0.426. The molecule has 1 aliphatic rings. The summed E-state index contributed by atoms with van der Waals surface area (Å²) in [4.78, 5) is 0. The van der Waals surface area contributed by atoms with E-state index in [1.807, 2.05) is 0 Å². The van der Waals surface area contributed by atoms with Gasteiger partial charge in [-0.15, -0.1) is 0 Å². The first-order chi connectivity index (χ1) is 10.1. The predicted molar refractivity (Wildman–Crippen MR) is 80.8 cm³/mol. The monoisotopic (exact) mass is 327 g/mol. The van der Waals surface area contributed by atoms with Crippen molar-refractivity contribution in [3.05, 3.63) is 46.2 Å². The van der Waals surface area contributed by atoms with Crippen LogP contribution in [0.5, 0.6) is 11.5 Å². The van der Waals surface area contributed by atoms with Gasteiger partial charge in [-0.3, -0.25) is 0 Å². The maximum Gasteiger partial charge on any atom is 0.169 e. The Hall–Kier alpha value is -1.49. The van der Waals surface area contributed by atoms with Gasteiger partial charge in [0, 0.05) is 28.8 Å². The molecule has 1 atom stereocenters. The van der Waals surface area contributed by atoms with Gasteiger partial charge in [-0.25, -0.2) is 4.39 Å². The van der Waals surface area contributed by atoms with Crippen LogP contribution in [0.1, 0.15) is 0 Å². The lowest BCUT2D eigenvalue weighted by atomic mass is 10.0. The average Bonchev–Trinajstić information content (AvgIpc) is 2.46. The Bertz CT molecular complexity index is 694. The Morgan fingerprint density at radius 1 is 1.19 bits per heavy atom. The zero-order valence-corrected chi connectivity index (χ0v) is 12.4. The zero-order valence-electron chi connectivity index (χ0n) is 10.9. The lowest BCUT2D eigenvalue weighted by molar-refractivity contribution is 0.0971. The number of fused-ring (bicyclic) bond motifs is 1. The van der Waals surface area contributed by atoms with Gasteiger partial charge in [-0.05, 0) is 18.2 Å². The summed E-state index contributed by atoms with van der Waals surface area (Å²) in [5.41, 5.74) is 6.75. The Kier molecular flexibility index (Phi) is 3.93. The number of halogens is 3. The number of nitrogens with two attached hydrogens (primary N) is 1. The van der Waals surface area contributed by atoms with Crippen molar-refractivity contribution in [3.63, 3.8) is 0 Å². The quantitative estimate of drug-likeness (QED) is 0.909. The van der Waals surface area contributed by atoms with Crippen LogP contribution in [0.3, 0.4) is 0 Å². The standard InChI is InChI=1S/C15H12Cl2FNO2/c16-8-1-2-11(13(17)3-8)12-4-9(18)5-14-15(12)21-10(6-19)7-20-14/h1-5,10H,6-7,19H2/t10-/m0/s1. The van der Waals surface area contributed by atoms with Crippen LogP contribution in [0.15, 0.2) is 30.3 Å². The van der Waals surface area contributed by atoms with Crippen molar-refractivity contribution in [2.75, 3.05) is 13.2 Å². The third kappa shape index (κ3) is 2.79. The van der Waals surface area contributed by atoms with Crippen LogP contribution in [-0.2, 0) is 0 Å². The van der Waals surface area contributed by atoms with E-state index in [1.54, 1.807) is 18.2 Å². The van der Waals surface area contributed by atoms with E-state index in [-0.39, 0.29) is 6.10 Å². The van der Waals surface area contributed by atoms with Crippen LogP contribution < -0.4 is 15.2 Å². The van der Waals surface area contributed by atoms with Crippen molar-refractivity contribution in [1.29, 1.82) is 0 Å². The molecule has 0 radical (unpaired) electrons. The number of benzene rings is 2. The Labute approximate surface area is 131 Å². The molecule has 0 spiro atoms. The van der Waals surface area contributed by atoms with E-state index in [4.69, 9.17) is 38.4 Å². The van der Waals surface area contributed by atoms with Gasteiger partial charge >= 0.3 is 0 Å². The van der Waals surface area contributed by atoms with Crippen molar-refractivity contribution < 1.29 is 13.9 Å². The first kappa shape index (κ1) is 14.4. The highest BCUT2D eigenvalue weighted by Gasteiger charge is 2.25. The van der Waals surface area contributed by atoms with Crippen LogP contribution in [0.2, 0.25) is 10.0 Å². The van der Waals surface area contributed by atoms with Gasteiger partial charge in [0.15, 0.2) is 11.5 Å². The summed E-state index contributed by atoms with van der Waals surface area (Å²) in [7, 11) is 0. The van der Waals surface area contributed by atoms with E-state index in [2.05, 4.69) is 0 Å². The minimum Gasteiger partial charge on any atom is -0.486 e. The van der Waals surface area contributed by atoms with Crippen molar-refractivity contribution in [2.24, 2.45) is 5.73 Å². The van der Waals surface area contributed by atoms with Gasteiger partial charge in [0.25, 0.3) is 0 Å². The lowest BCUT2D eigenvalue weighted by Gasteiger charge is -2.27. The summed E-state index contributed by atoms with van der Waals surface area (Å²) in [6.07, 6.45) is -0.271. The van der Waals surface area contributed by atoms with Crippen molar-refractivity contribution in [1.82, 2.24) is 0 Å². The van der Waals surface area contributed by atoms with E-state index >= 15 is 0 Å². The highest BCUT2D eigenvalue weighted by Crippen LogP contribution is 2.44. The summed E-state index contributed by atoms with van der Waals surface area (Å²) < 4.78 is 25.1. The summed E-state index contributed by atoms with van der Waals surface area (Å²) in [6, 6.07) is 7.64. The third-order valence-electron chi connectivity index (χ3n) is 3.21. The molecule has 21 heavy (non-hydrogen) atoms. The van der Waals surface area contributed by atoms with Crippen LogP contribution >= 0.6 is 23.2 Å². The fourth-order valence-electron chi connectivity index (χ4n) is 2.20. The summed E-state index contributed by atoms with van der Waals surface area (Å²) >= 11 is 12.1. The second-order valence-corrected chi connectivity index (χ2v) is 5.53. The molecule has 3 nitrogen and oxygen atoms in total. The molecule has 0 fully saturated rings. The van der Waals surface area contributed by atoms with Crippen molar-refractivity contribution >= 4 is 23.2 Å². The van der Waals surface area contributed by atoms with Crippen molar-refractivity contribution in [2.45, 2.75) is 6.10 Å². The highest BCUT2D eigenvalue weighted by atomic mass is 35.5. The fourth-order valence-corrected chi connectivity index (χ4v) is 2.72. The molecule has 6 heteroatoms. The molecular formula is C15H12Cl2FNO2. The summed E-state index contributed by atoms with van der Waals surface area (Å²) in [5.74, 6) is 0.368. The third-order valence-corrected chi connectivity index (χ3v) is 3.76. The average molecular weight is 328 g/mol. The van der Waals surface area contributed by atoms with Gasteiger partial charge in [-0.2, -0.15) is 0 Å². The molecule has 0 aromatic heterocycles. The molecule has 2 N–H and O–H groups in total. The zero-order chi connectivity index (χ0) is 15.0. The molecule has 0 saturated heterocycles. The number of hydrogen-bond acceptors (Lipinski definition) is 3. The lowest BCUT2D eigenvalue weighted by Crippen LogP contribution is -2.36. The summed E-state index contributed by atoms with van der Waals surface area (Å²) in [5, 5.41) is 0.916. The molecule has 0 saturated carbocycles. The molecule has 2 aromatic rings. The SMILES string of the molecule is NC[C@H]1COc2cc(F)cc(-c3ccc(Cl)cc3Cl)c2O1. The molecule has 1 aliphatic heterocycles. The Balaban J connectivity index is 2.16. The largest absolute Gasteiger partial charge is 0.486 e. The molecule has 1 heterocycles.